The molecule has 2 aromatic rings. The van der Waals surface area contributed by atoms with E-state index in [1.165, 1.54) is 0 Å². The molecule has 7 nitrogen and oxygen atoms in total. The van der Waals surface area contributed by atoms with E-state index in [0.717, 1.165) is 5.56 Å². The van der Waals surface area contributed by atoms with Gasteiger partial charge in [0.2, 0.25) is 0 Å². The van der Waals surface area contributed by atoms with Crippen LogP contribution in [0.4, 0.5) is 0 Å². The van der Waals surface area contributed by atoms with Gasteiger partial charge in [0.25, 0.3) is 11.8 Å². The molecule has 1 aromatic heterocycles. The van der Waals surface area contributed by atoms with Gasteiger partial charge in [0.05, 0.1) is 25.5 Å². The van der Waals surface area contributed by atoms with E-state index in [1.54, 1.807) is 26.3 Å². The molecule has 0 bridgehead atoms. The fourth-order valence-electron chi connectivity index (χ4n) is 4.00. The van der Waals surface area contributed by atoms with E-state index in [0.29, 0.717) is 42.9 Å². The number of pyridine rings is 1. The van der Waals surface area contributed by atoms with Crippen molar-refractivity contribution in [3.8, 4) is 0 Å². The largest absolute Gasteiger partial charge is 0.384 e. The molecular formula is C22H25N3O4. The molecule has 4 rings (SSSR count). The Labute approximate surface area is 169 Å². The number of amides is 2. The van der Waals surface area contributed by atoms with Crippen molar-refractivity contribution >= 4 is 11.8 Å². The summed E-state index contributed by atoms with van der Waals surface area (Å²) in [6.45, 7) is 1.79. The van der Waals surface area contributed by atoms with Gasteiger partial charge in [-0.25, -0.2) is 4.98 Å². The van der Waals surface area contributed by atoms with Crippen molar-refractivity contribution in [2.45, 2.75) is 12.0 Å². The molecule has 0 unspecified atom stereocenters. The minimum atomic E-state index is -0.332. The predicted octanol–water partition coefficient (Wildman–Crippen LogP) is 1.59. The Kier molecular flexibility index (Phi) is 5.60. The lowest BCUT2D eigenvalue weighted by Gasteiger charge is -2.18. The van der Waals surface area contributed by atoms with Gasteiger partial charge in [-0.05, 0) is 17.7 Å². The molecular weight excluding hydrogens is 370 g/mol. The zero-order chi connectivity index (χ0) is 20.4. The van der Waals surface area contributed by atoms with Crippen LogP contribution >= 0.6 is 0 Å². The number of aromatic nitrogens is 1. The monoisotopic (exact) mass is 395 g/mol. The molecule has 2 heterocycles. The van der Waals surface area contributed by atoms with Gasteiger partial charge in [-0.3, -0.25) is 9.59 Å². The van der Waals surface area contributed by atoms with Crippen molar-refractivity contribution < 1.29 is 19.1 Å². The Morgan fingerprint density at radius 2 is 1.90 bits per heavy atom. The van der Waals surface area contributed by atoms with Crippen LogP contribution in [-0.4, -0.2) is 56.8 Å². The standard InChI is InChI=1S/C22H25N3O4/c1-23-22(27)19-9-14(21(26)25-20-16-11-29-12-17(16)20)8-18(24-19)15(10-28-2)13-6-4-3-5-7-13/h3-9,15-17,20H,10-12H2,1-2H3,(H,23,27)(H,25,26)/t15-,16-,17+,20+/m0/s1. The Morgan fingerprint density at radius 1 is 1.17 bits per heavy atom. The van der Waals surface area contributed by atoms with Gasteiger partial charge in [-0.15, -0.1) is 0 Å². The van der Waals surface area contributed by atoms with Crippen molar-refractivity contribution in [2.24, 2.45) is 11.8 Å². The van der Waals surface area contributed by atoms with Crippen LogP contribution in [-0.2, 0) is 9.47 Å². The average molecular weight is 395 g/mol. The molecule has 1 saturated heterocycles. The van der Waals surface area contributed by atoms with E-state index >= 15 is 0 Å². The zero-order valence-corrected chi connectivity index (χ0v) is 16.6. The first-order valence-corrected chi connectivity index (χ1v) is 9.79. The van der Waals surface area contributed by atoms with Gasteiger partial charge in [0, 0.05) is 43.5 Å². The molecule has 1 aliphatic carbocycles. The third-order valence-corrected chi connectivity index (χ3v) is 5.71. The van der Waals surface area contributed by atoms with Gasteiger partial charge in [0.1, 0.15) is 5.69 Å². The molecule has 2 N–H and O–H groups in total. The Morgan fingerprint density at radius 3 is 2.55 bits per heavy atom. The van der Waals surface area contributed by atoms with Gasteiger partial charge >= 0.3 is 0 Å². The van der Waals surface area contributed by atoms with Crippen LogP contribution in [0.25, 0.3) is 0 Å². The van der Waals surface area contributed by atoms with Crippen LogP contribution in [0.3, 0.4) is 0 Å². The van der Waals surface area contributed by atoms with E-state index in [9.17, 15) is 9.59 Å². The minimum Gasteiger partial charge on any atom is -0.384 e. The minimum absolute atomic E-state index is 0.153. The number of hydrogen-bond acceptors (Lipinski definition) is 5. The quantitative estimate of drug-likeness (QED) is 0.743. The molecule has 2 fully saturated rings. The third kappa shape index (κ3) is 4.02. The fraction of sp³-hybridized carbons (Fsp3) is 0.409. The summed E-state index contributed by atoms with van der Waals surface area (Å²) >= 11 is 0. The number of nitrogens with zero attached hydrogens (tertiary/aromatic N) is 1. The second-order valence-electron chi connectivity index (χ2n) is 7.53. The van der Waals surface area contributed by atoms with Crippen LogP contribution in [0.2, 0.25) is 0 Å². The van der Waals surface area contributed by atoms with E-state index in [-0.39, 0.29) is 29.5 Å². The number of carbonyl (C=O) groups excluding carboxylic acids is 2. The van der Waals surface area contributed by atoms with Crippen molar-refractivity contribution in [3.05, 3.63) is 65.0 Å². The van der Waals surface area contributed by atoms with E-state index in [2.05, 4.69) is 15.6 Å². The molecule has 29 heavy (non-hydrogen) atoms. The lowest BCUT2D eigenvalue weighted by atomic mass is 9.94. The maximum atomic E-state index is 12.9. The Hall–Kier alpha value is -2.77. The number of nitrogens with one attached hydrogen (secondary N) is 2. The number of carbonyl (C=O) groups is 2. The normalized spacial score (nSPS) is 23.2. The van der Waals surface area contributed by atoms with Crippen LogP contribution in [0.1, 0.15) is 38.0 Å². The van der Waals surface area contributed by atoms with Gasteiger partial charge in [-0.1, -0.05) is 30.3 Å². The number of rotatable bonds is 7. The number of hydrogen-bond donors (Lipinski definition) is 2. The Balaban J connectivity index is 1.66. The van der Waals surface area contributed by atoms with Crippen molar-refractivity contribution in [1.82, 2.24) is 15.6 Å². The summed E-state index contributed by atoms with van der Waals surface area (Å²) in [5.41, 5.74) is 2.28. The summed E-state index contributed by atoms with van der Waals surface area (Å²) in [5.74, 6) is 0.101. The van der Waals surface area contributed by atoms with Crippen molar-refractivity contribution in [3.63, 3.8) is 0 Å². The molecule has 7 heteroatoms. The molecule has 152 valence electrons. The van der Waals surface area contributed by atoms with Crippen molar-refractivity contribution in [1.29, 1.82) is 0 Å². The topological polar surface area (TPSA) is 89.6 Å². The third-order valence-electron chi connectivity index (χ3n) is 5.71. The summed E-state index contributed by atoms with van der Waals surface area (Å²) in [6.07, 6.45) is 0. The smallest absolute Gasteiger partial charge is 0.269 e. The van der Waals surface area contributed by atoms with Crippen LogP contribution in [0.5, 0.6) is 0 Å². The zero-order valence-electron chi connectivity index (χ0n) is 16.6. The van der Waals surface area contributed by atoms with E-state index in [4.69, 9.17) is 9.47 Å². The molecule has 0 spiro atoms. The van der Waals surface area contributed by atoms with Crippen LogP contribution < -0.4 is 10.6 Å². The number of fused-ring (bicyclic) bond motifs is 1. The summed E-state index contributed by atoms with van der Waals surface area (Å²) < 4.78 is 10.8. The first-order chi connectivity index (χ1) is 14.1. The lowest BCUT2D eigenvalue weighted by molar-refractivity contribution is 0.0928. The van der Waals surface area contributed by atoms with Gasteiger partial charge < -0.3 is 20.1 Å². The van der Waals surface area contributed by atoms with E-state index < -0.39 is 0 Å². The highest BCUT2D eigenvalue weighted by Crippen LogP contribution is 2.44. The average Bonchev–Trinajstić information content (AvgIpc) is 3.17. The molecule has 2 amide bonds. The SMILES string of the molecule is CNC(=O)c1cc(C(=O)N[C@H]2[C@@H]3COC[C@@H]32)cc([C@@H](COC)c2ccccc2)n1. The van der Waals surface area contributed by atoms with E-state index in [1.807, 2.05) is 30.3 Å². The molecule has 0 radical (unpaired) electrons. The maximum absolute atomic E-state index is 12.9. The molecule has 1 aromatic carbocycles. The molecule has 1 saturated carbocycles. The second kappa shape index (κ2) is 8.31. The summed E-state index contributed by atoms with van der Waals surface area (Å²) in [4.78, 5) is 29.8. The first-order valence-electron chi connectivity index (χ1n) is 9.79. The highest BCUT2D eigenvalue weighted by Gasteiger charge is 2.54. The summed E-state index contributed by atoms with van der Waals surface area (Å²) in [7, 11) is 3.17. The lowest BCUT2D eigenvalue weighted by Crippen LogP contribution is -2.31. The maximum Gasteiger partial charge on any atom is 0.269 e. The molecule has 4 atom stereocenters. The highest BCUT2D eigenvalue weighted by atomic mass is 16.5. The first kappa shape index (κ1) is 19.5. The highest BCUT2D eigenvalue weighted by molar-refractivity contribution is 5.99. The van der Waals surface area contributed by atoms with Gasteiger partial charge in [0.15, 0.2) is 0 Å². The molecule has 1 aliphatic heterocycles. The van der Waals surface area contributed by atoms with Crippen LogP contribution in [0.15, 0.2) is 42.5 Å². The van der Waals surface area contributed by atoms with Gasteiger partial charge in [-0.2, -0.15) is 0 Å². The second-order valence-corrected chi connectivity index (χ2v) is 7.53. The summed E-state index contributed by atoms with van der Waals surface area (Å²) in [5, 5.41) is 5.67. The van der Waals surface area contributed by atoms with Crippen LogP contribution in [0, 0.1) is 11.8 Å². The van der Waals surface area contributed by atoms with Crippen molar-refractivity contribution in [2.75, 3.05) is 34.0 Å². The number of methoxy groups -OCH3 is 1. The Bertz CT molecular complexity index is 892. The summed E-state index contributed by atoms with van der Waals surface area (Å²) in [6, 6.07) is 13.3. The fourth-order valence-corrected chi connectivity index (χ4v) is 4.00. The number of benzene rings is 1. The molecule has 2 aliphatic rings. The predicted molar refractivity (Wildman–Crippen MR) is 107 cm³/mol. The number of ether oxygens (including phenoxy) is 2.